The van der Waals surface area contributed by atoms with Gasteiger partial charge in [0.05, 0.1) is 24.5 Å². The Morgan fingerprint density at radius 1 is 0.765 bits per heavy atom. The first-order valence-corrected chi connectivity index (χ1v) is 6.17. The third-order valence-corrected chi connectivity index (χ3v) is 3.51. The summed E-state index contributed by atoms with van der Waals surface area (Å²) in [6, 6.07) is 0.698. The molecule has 3 rings (SSSR count). The fourth-order valence-corrected chi connectivity index (χ4v) is 2.67. The minimum Gasteiger partial charge on any atom is -0.247 e. The molecule has 0 saturated heterocycles. The quantitative estimate of drug-likeness (QED) is 0.738. The zero-order chi connectivity index (χ0) is 11.5. The fourth-order valence-electron chi connectivity index (χ4n) is 2.67. The normalized spacial score (nSPS) is 25.6. The minimum atomic E-state index is 0.349. The van der Waals surface area contributed by atoms with E-state index < -0.39 is 0 Å². The van der Waals surface area contributed by atoms with E-state index in [1.165, 1.54) is 19.3 Å². The van der Waals surface area contributed by atoms with Crippen LogP contribution in [0.5, 0.6) is 0 Å². The summed E-state index contributed by atoms with van der Waals surface area (Å²) in [6.07, 6.45) is 13.4. The zero-order valence-corrected chi connectivity index (χ0v) is 9.68. The van der Waals surface area contributed by atoms with Gasteiger partial charge in [0.25, 0.3) is 0 Å². The second-order valence-electron chi connectivity index (χ2n) is 4.54. The van der Waals surface area contributed by atoms with Crippen molar-refractivity contribution in [2.45, 2.75) is 44.2 Å². The van der Waals surface area contributed by atoms with Gasteiger partial charge in [0.1, 0.15) is 0 Å². The third-order valence-electron chi connectivity index (χ3n) is 3.51. The zero-order valence-electron chi connectivity index (χ0n) is 9.68. The van der Waals surface area contributed by atoms with Gasteiger partial charge in [0.15, 0.2) is 0 Å². The van der Waals surface area contributed by atoms with Crippen LogP contribution in [-0.2, 0) is 0 Å². The molecule has 1 saturated carbocycles. The summed E-state index contributed by atoms with van der Waals surface area (Å²) < 4.78 is 3.94. The lowest BCUT2D eigenvalue weighted by molar-refractivity contribution is 0.262. The highest BCUT2D eigenvalue weighted by molar-refractivity contribution is 4.85. The molecule has 1 fully saturated rings. The van der Waals surface area contributed by atoms with Crippen molar-refractivity contribution in [2.24, 2.45) is 0 Å². The van der Waals surface area contributed by atoms with Gasteiger partial charge in [0.2, 0.25) is 0 Å². The van der Waals surface area contributed by atoms with Crippen LogP contribution in [0.25, 0.3) is 0 Å². The highest BCUT2D eigenvalue weighted by Crippen LogP contribution is 2.34. The summed E-state index contributed by atoms with van der Waals surface area (Å²) in [4.78, 5) is 0. The van der Waals surface area contributed by atoms with Crippen molar-refractivity contribution in [3.05, 3.63) is 24.8 Å². The first-order valence-electron chi connectivity index (χ1n) is 6.17. The van der Waals surface area contributed by atoms with Gasteiger partial charge in [-0.25, -0.2) is 9.36 Å². The molecule has 2 heterocycles. The molecule has 0 radical (unpaired) electrons. The van der Waals surface area contributed by atoms with Crippen molar-refractivity contribution in [2.75, 3.05) is 0 Å². The summed E-state index contributed by atoms with van der Waals surface area (Å²) in [7, 11) is 0. The maximum atomic E-state index is 4.15. The van der Waals surface area contributed by atoms with Crippen molar-refractivity contribution in [1.82, 2.24) is 30.0 Å². The topological polar surface area (TPSA) is 61.4 Å². The predicted molar refractivity (Wildman–Crippen MR) is 61.2 cm³/mol. The minimum absolute atomic E-state index is 0.349. The van der Waals surface area contributed by atoms with Crippen molar-refractivity contribution >= 4 is 0 Å². The molecular weight excluding hydrogens is 216 g/mol. The van der Waals surface area contributed by atoms with Gasteiger partial charge < -0.3 is 0 Å². The molecular formula is C11H16N6. The molecule has 0 bridgehead atoms. The average molecular weight is 232 g/mol. The van der Waals surface area contributed by atoms with Crippen LogP contribution in [0.3, 0.4) is 0 Å². The number of hydrogen-bond donors (Lipinski definition) is 0. The highest BCUT2D eigenvalue weighted by Gasteiger charge is 2.27. The van der Waals surface area contributed by atoms with Crippen LogP contribution in [0.4, 0.5) is 0 Å². The summed E-state index contributed by atoms with van der Waals surface area (Å²) in [5, 5.41) is 16.1. The Balaban J connectivity index is 1.91. The van der Waals surface area contributed by atoms with E-state index >= 15 is 0 Å². The lowest BCUT2D eigenvalue weighted by Crippen LogP contribution is -2.23. The van der Waals surface area contributed by atoms with Crippen LogP contribution in [0.2, 0.25) is 0 Å². The lowest BCUT2D eigenvalue weighted by atomic mass is 10.0. The second-order valence-corrected chi connectivity index (χ2v) is 4.54. The summed E-state index contributed by atoms with van der Waals surface area (Å²) in [6.45, 7) is 0. The van der Waals surface area contributed by atoms with E-state index in [2.05, 4.69) is 20.6 Å². The molecule has 17 heavy (non-hydrogen) atoms. The first-order chi connectivity index (χ1) is 8.45. The van der Waals surface area contributed by atoms with E-state index in [-0.39, 0.29) is 0 Å². The molecule has 0 aliphatic heterocycles. The molecule has 6 nitrogen and oxygen atoms in total. The van der Waals surface area contributed by atoms with E-state index in [1.54, 1.807) is 12.4 Å². The van der Waals surface area contributed by atoms with Gasteiger partial charge in [0, 0.05) is 12.4 Å². The molecule has 0 spiro atoms. The maximum absolute atomic E-state index is 4.15. The molecule has 0 aromatic carbocycles. The standard InChI is InChI=1S/C11H16N6/c1-2-4-10(16-8-6-12-14-16)11(5-3-1)17-9-7-13-15-17/h6-11H,1-5H2. The molecule has 1 aliphatic rings. The Morgan fingerprint density at radius 3 is 1.71 bits per heavy atom. The van der Waals surface area contributed by atoms with Gasteiger partial charge >= 0.3 is 0 Å². The van der Waals surface area contributed by atoms with Crippen LogP contribution >= 0.6 is 0 Å². The lowest BCUT2D eigenvalue weighted by Gasteiger charge is -2.24. The molecule has 2 unspecified atom stereocenters. The SMILES string of the molecule is c1cn(C2CCCCCC2n2ccnn2)nn1. The number of hydrogen-bond acceptors (Lipinski definition) is 4. The number of rotatable bonds is 2. The Bertz CT molecular complexity index is 392. The smallest absolute Gasteiger partial charge is 0.0761 e. The molecule has 0 amide bonds. The van der Waals surface area contributed by atoms with Crippen molar-refractivity contribution in [1.29, 1.82) is 0 Å². The van der Waals surface area contributed by atoms with Crippen LogP contribution in [0.15, 0.2) is 24.8 Å². The van der Waals surface area contributed by atoms with Crippen LogP contribution in [-0.4, -0.2) is 30.0 Å². The summed E-state index contributed by atoms with van der Waals surface area (Å²) >= 11 is 0. The Morgan fingerprint density at radius 2 is 1.29 bits per heavy atom. The highest BCUT2D eigenvalue weighted by atomic mass is 15.5. The summed E-state index contributed by atoms with van der Waals surface area (Å²) in [5.74, 6) is 0. The van der Waals surface area contributed by atoms with Crippen LogP contribution < -0.4 is 0 Å². The van der Waals surface area contributed by atoms with Gasteiger partial charge in [-0.1, -0.05) is 29.7 Å². The molecule has 2 aromatic heterocycles. The van der Waals surface area contributed by atoms with E-state index in [0.717, 1.165) is 12.8 Å². The second kappa shape index (κ2) is 4.65. The monoisotopic (exact) mass is 232 g/mol. The molecule has 6 heteroatoms. The maximum Gasteiger partial charge on any atom is 0.0761 e. The molecule has 2 atom stereocenters. The van der Waals surface area contributed by atoms with Crippen molar-refractivity contribution in [3.8, 4) is 0 Å². The van der Waals surface area contributed by atoms with E-state index in [4.69, 9.17) is 0 Å². The van der Waals surface area contributed by atoms with Crippen molar-refractivity contribution < 1.29 is 0 Å². The van der Waals surface area contributed by atoms with Crippen molar-refractivity contribution in [3.63, 3.8) is 0 Å². The molecule has 1 aliphatic carbocycles. The molecule has 0 N–H and O–H groups in total. The number of aromatic nitrogens is 6. The van der Waals surface area contributed by atoms with Gasteiger partial charge in [-0.2, -0.15) is 0 Å². The van der Waals surface area contributed by atoms with Gasteiger partial charge in [-0.05, 0) is 12.8 Å². The van der Waals surface area contributed by atoms with E-state index in [9.17, 15) is 0 Å². The van der Waals surface area contributed by atoms with E-state index in [1.807, 2.05) is 21.8 Å². The predicted octanol–water partition coefficient (Wildman–Crippen LogP) is 1.62. The van der Waals surface area contributed by atoms with E-state index in [0.29, 0.717) is 12.1 Å². The average Bonchev–Trinajstić information content (AvgIpc) is 2.99. The Labute approximate surface area is 99.6 Å². The van der Waals surface area contributed by atoms with Gasteiger partial charge in [-0.3, -0.25) is 0 Å². The van der Waals surface area contributed by atoms with Crippen LogP contribution in [0, 0.1) is 0 Å². The third kappa shape index (κ3) is 2.07. The molecule has 2 aromatic rings. The first kappa shape index (κ1) is 10.4. The fraction of sp³-hybridized carbons (Fsp3) is 0.636. The largest absolute Gasteiger partial charge is 0.247 e. The van der Waals surface area contributed by atoms with Crippen LogP contribution in [0.1, 0.15) is 44.2 Å². The summed E-state index contributed by atoms with van der Waals surface area (Å²) in [5.41, 5.74) is 0. The molecule has 90 valence electrons. The Kier molecular flexibility index (Phi) is 2.85. The van der Waals surface area contributed by atoms with Gasteiger partial charge in [-0.15, -0.1) is 10.2 Å². The Hall–Kier alpha value is -1.72. The number of nitrogens with zero attached hydrogens (tertiary/aromatic N) is 6.